The van der Waals surface area contributed by atoms with E-state index in [1.807, 2.05) is 0 Å². The highest BCUT2D eigenvalue weighted by molar-refractivity contribution is 5.57. The highest BCUT2D eigenvalue weighted by Gasteiger charge is 2.35. The van der Waals surface area contributed by atoms with E-state index < -0.39 is 16.1 Å². The number of aliphatic hydroxyl groups is 1. The van der Waals surface area contributed by atoms with Crippen LogP contribution in [0.2, 0.25) is 0 Å². The van der Waals surface area contributed by atoms with Gasteiger partial charge < -0.3 is 16.2 Å². The van der Waals surface area contributed by atoms with Gasteiger partial charge in [0.1, 0.15) is 5.82 Å². The first-order valence-electron chi connectivity index (χ1n) is 5.46. The van der Waals surface area contributed by atoms with Crippen LogP contribution in [0.1, 0.15) is 27.7 Å². The molecule has 1 aromatic heterocycles. The molecule has 0 fully saturated rings. The minimum absolute atomic E-state index is 0.156. The van der Waals surface area contributed by atoms with Crippen LogP contribution in [-0.4, -0.2) is 26.2 Å². The Kier molecular flexibility index (Phi) is 3.47. The molecule has 7 nitrogen and oxygen atoms in total. The minimum atomic E-state index is -0.995. The molecule has 0 aliphatic rings. The number of hydrogen-bond acceptors (Lipinski definition) is 6. The van der Waals surface area contributed by atoms with Crippen molar-refractivity contribution < 1.29 is 10.0 Å². The Balaban J connectivity index is 3.01. The van der Waals surface area contributed by atoms with Gasteiger partial charge >= 0.3 is 5.69 Å². The van der Waals surface area contributed by atoms with Crippen LogP contribution in [-0.2, 0) is 0 Å². The van der Waals surface area contributed by atoms with Gasteiger partial charge in [0.05, 0.1) is 16.1 Å². The van der Waals surface area contributed by atoms with Crippen LogP contribution in [0.15, 0.2) is 12.1 Å². The van der Waals surface area contributed by atoms with Gasteiger partial charge in [-0.2, -0.15) is 0 Å². The molecule has 0 atom stereocenters. The summed E-state index contributed by atoms with van der Waals surface area (Å²) in [4.78, 5) is 13.9. The van der Waals surface area contributed by atoms with Gasteiger partial charge in [-0.05, 0) is 33.8 Å². The van der Waals surface area contributed by atoms with Gasteiger partial charge in [-0.1, -0.05) is 0 Å². The number of nitrogens with two attached hydrogens (primary N) is 1. The number of aromatic nitrogens is 1. The van der Waals surface area contributed by atoms with Gasteiger partial charge in [-0.15, -0.1) is 0 Å². The zero-order valence-corrected chi connectivity index (χ0v) is 10.9. The molecular weight excluding hydrogens is 236 g/mol. The van der Waals surface area contributed by atoms with Crippen LogP contribution in [0.5, 0.6) is 0 Å². The lowest BCUT2D eigenvalue weighted by molar-refractivity contribution is -0.384. The average Bonchev–Trinajstić information content (AvgIpc) is 2.14. The molecule has 0 unspecified atom stereocenters. The van der Waals surface area contributed by atoms with Crippen molar-refractivity contribution in [3.05, 3.63) is 22.2 Å². The first-order valence-corrected chi connectivity index (χ1v) is 5.46. The molecule has 18 heavy (non-hydrogen) atoms. The number of pyridine rings is 1. The Bertz CT molecular complexity index is 466. The summed E-state index contributed by atoms with van der Waals surface area (Å²) in [6, 6.07) is 2.74. The lowest BCUT2D eigenvalue weighted by Gasteiger charge is -2.38. The van der Waals surface area contributed by atoms with Crippen LogP contribution in [0.3, 0.4) is 0 Å². The van der Waals surface area contributed by atoms with E-state index in [4.69, 9.17) is 5.73 Å². The summed E-state index contributed by atoms with van der Waals surface area (Å²) in [6.07, 6.45) is 0. The third-order valence-corrected chi connectivity index (χ3v) is 3.07. The van der Waals surface area contributed by atoms with Crippen LogP contribution < -0.4 is 11.1 Å². The fraction of sp³-hybridized carbons (Fsp3) is 0.545. The van der Waals surface area contributed by atoms with Crippen molar-refractivity contribution >= 4 is 17.3 Å². The first-order chi connectivity index (χ1) is 8.04. The fourth-order valence-corrected chi connectivity index (χ4v) is 1.16. The molecule has 7 heteroatoms. The van der Waals surface area contributed by atoms with E-state index in [-0.39, 0.29) is 11.5 Å². The van der Waals surface area contributed by atoms with Crippen molar-refractivity contribution in [1.29, 1.82) is 0 Å². The number of anilines is 2. The second-order valence-electron chi connectivity index (χ2n) is 5.17. The van der Waals surface area contributed by atoms with E-state index in [1.165, 1.54) is 12.1 Å². The van der Waals surface area contributed by atoms with Gasteiger partial charge in [-0.3, -0.25) is 10.1 Å². The Morgan fingerprint density at radius 2 is 1.94 bits per heavy atom. The lowest BCUT2D eigenvalue weighted by Crippen LogP contribution is -2.51. The number of nitro groups is 1. The second-order valence-corrected chi connectivity index (χ2v) is 5.17. The predicted octanol–water partition coefficient (Wildman–Crippen LogP) is 1.53. The number of nitrogens with one attached hydrogen (secondary N) is 1. The Morgan fingerprint density at radius 1 is 1.39 bits per heavy atom. The fourth-order valence-electron chi connectivity index (χ4n) is 1.16. The van der Waals surface area contributed by atoms with Crippen LogP contribution in [0.25, 0.3) is 0 Å². The maximum absolute atomic E-state index is 10.6. The SMILES string of the molecule is CC(C)(O)C(C)(C)Nc1ccc([N+](=O)[O-])c(N)n1. The molecule has 1 rings (SSSR count). The summed E-state index contributed by atoms with van der Waals surface area (Å²) >= 11 is 0. The topological polar surface area (TPSA) is 114 Å². The summed E-state index contributed by atoms with van der Waals surface area (Å²) < 4.78 is 0. The summed E-state index contributed by atoms with van der Waals surface area (Å²) in [7, 11) is 0. The van der Waals surface area contributed by atoms with Crippen molar-refractivity contribution in [2.75, 3.05) is 11.1 Å². The van der Waals surface area contributed by atoms with Crippen LogP contribution >= 0.6 is 0 Å². The van der Waals surface area contributed by atoms with Crippen molar-refractivity contribution in [3.8, 4) is 0 Å². The quantitative estimate of drug-likeness (QED) is 0.554. The van der Waals surface area contributed by atoms with Gasteiger partial charge in [0.15, 0.2) is 0 Å². The normalized spacial score (nSPS) is 12.3. The molecule has 1 aromatic rings. The van der Waals surface area contributed by atoms with Crippen molar-refractivity contribution in [3.63, 3.8) is 0 Å². The lowest BCUT2D eigenvalue weighted by atomic mass is 9.86. The molecule has 0 radical (unpaired) electrons. The van der Waals surface area contributed by atoms with Crippen LogP contribution in [0, 0.1) is 10.1 Å². The summed E-state index contributed by atoms with van der Waals surface area (Å²) in [6.45, 7) is 6.92. The van der Waals surface area contributed by atoms with E-state index in [1.54, 1.807) is 27.7 Å². The number of nitrogen functional groups attached to an aromatic ring is 1. The summed E-state index contributed by atoms with van der Waals surface area (Å²) in [5.41, 5.74) is 3.60. The largest absolute Gasteiger partial charge is 0.388 e. The molecule has 0 amide bonds. The number of rotatable bonds is 4. The molecule has 0 saturated carbocycles. The van der Waals surface area contributed by atoms with Crippen molar-refractivity contribution in [1.82, 2.24) is 4.98 Å². The molecular formula is C11H18N4O3. The van der Waals surface area contributed by atoms with Crippen molar-refractivity contribution in [2.45, 2.75) is 38.8 Å². The van der Waals surface area contributed by atoms with Gasteiger partial charge in [0, 0.05) is 6.07 Å². The highest BCUT2D eigenvalue weighted by Crippen LogP contribution is 2.27. The van der Waals surface area contributed by atoms with E-state index in [0.717, 1.165) is 0 Å². The van der Waals surface area contributed by atoms with Crippen molar-refractivity contribution in [2.24, 2.45) is 0 Å². The zero-order valence-electron chi connectivity index (χ0n) is 10.9. The number of hydrogen-bond donors (Lipinski definition) is 3. The number of nitrogens with zero attached hydrogens (tertiary/aromatic N) is 2. The van der Waals surface area contributed by atoms with Crippen LogP contribution in [0.4, 0.5) is 17.3 Å². The smallest absolute Gasteiger partial charge is 0.311 e. The maximum atomic E-state index is 10.6. The van der Waals surface area contributed by atoms with E-state index in [2.05, 4.69) is 10.3 Å². The molecule has 0 spiro atoms. The maximum Gasteiger partial charge on any atom is 0.311 e. The molecule has 0 aliphatic heterocycles. The first kappa shape index (κ1) is 14.2. The van der Waals surface area contributed by atoms with E-state index in [9.17, 15) is 15.2 Å². The summed E-state index contributed by atoms with van der Waals surface area (Å²) in [5, 5.41) is 23.6. The summed E-state index contributed by atoms with van der Waals surface area (Å²) in [5.74, 6) is 0.224. The monoisotopic (exact) mass is 254 g/mol. The molecule has 0 saturated heterocycles. The Labute approximate surface area is 105 Å². The molecule has 0 aromatic carbocycles. The Morgan fingerprint density at radius 3 is 2.33 bits per heavy atom. The predicted molar refractivity (Wildman–Crippen MR) is 69.3 cm³/mol. The standard InChI is InChI=1S/C11H18N4O3/c1-10(2,11(3,4)16)14-8-6-5-7(15(17)18)9(12)13-8/h5-6,16H,1-4H3,(H3,12,13,14). The average molecular weight is 254 g/mol. The van der Waals surface area contributed by atoms with Gasteiger partial charge in [0.2, 0.25) is 5.82 Å². The minimum Gasteiger partial charge on any atom is -0.388 e. The molecule has 1 heterocycles. The third kappa shape index (κ3) is 2.86. The zero-order chi connectivity index (χ0) is 14.1. The van der Waals surface area contributed by atoms with E-state index >= 15 is 0 Å². The third-order valence-electron chi connectivity index (χ3n) is 3.07. The van der Waals surface area contributed by atoms with E-state index in [0.29, 0.717) is 5.82 Å². The second kappa shape index (κ2) is 4.41. The molecule has 0 aliphatic carbocycles. The van der Waals surface area contributed by atoms with Gasteiger partial charge in [0.25, 0.3) is 0 Å². The molecule has 100 valence electrons. The van der Waals surface area contributed by atoms with Gasteiger partial charge in [-0.25, -0.2) is 4.98 Å². The molecule has 4 N–H and O–H groups in total. The Hall–Kier alpha value is -1.89. The highest BCUT2D eigenvalue weighted by atomic mass is 16.6. The molecule has 0 bridgehead atoms.